The van der Waals surface area contributed by atoms with Crippen LogP contribution in [0.4, 0.5) is 5.69 Å². The average Bonchev–Trinajstić information content (AvgIpc) is 2.41. The number of benzene rings is 1. The van der Waals surface area contributed by atoms with Crippen molar-refractivity contribution in [1.82, 2.24) is 0 Å². The molecule has 20 heavy (non-hydrogen) atoms. The van der Waals surface area contributed by atoms with E-state index >= 15 is 0 Å². The molecule has 4 nitrogen and oxygen atoms in total. The number of rotatable bonds is 3. The van der Waals surface area contributed by atoms with Gasteiger partial charge in [-0.15, -0.1) is 0 Å². The number of carbonyl (C=O) groups is 2. The zero-order valence-corrected chi connectivity index (χ0v) is 13.1. The van der Waals surface area contributed by atoms with Crippen LogP contribution in [0.3, 0.4) is 0 Å². The second-order valence-electron chi connectivity index (χ2n) is 4.95. The van der Waals surface area contributed by atoms with E-state index in [0.717, 1.165) is 12.8 Å². The molecule has 1 aliphatic rings. The Morgan fingerprint density at radius 3 is 2.50 bits per heavy atom. The Kier molecular flexibility index (Phi) is 5.05. The minimum absolute atomic E-state index is 0.236. The highest BCUT2D eigenvalue weighted by atomic mass is 79.9. The molecule has 1 aromatic carbocycles. The number of carboxylic acids is 1. The molecule has 0 aromatic heterocycles. The van der Waals surface area contributed by atoms with Crippen molar-refractivity contribution in [3.63, 3.8) is 0 Å². The fourth-order valence-electron chi connectivity index (χ4n) is 2.56. The van der Waals surface area contributed by atoms with Crippen LogP contribution in [0.2, 0.25) is 5.02 Å². The van der Waals surface area contributed by atoms with Gasteiger partial charge >= 0.3 is 5.97 Å². The zero-order chi connectivity index (χ0) is 14.7. The normalized spacial score (nSPS) is 22.3. The van der Waals surface area contributed by atoms with Gasteiger partial charge in [0.25, 0.3) is 0 Å². The van der Waals surface area contributed by atoms with Crippen LogP contribution in [0.1, 0.15) is 25.7 Å². The first-order valence-electron chi connectivity index (χ1n) is 6.48. The summed E-state index contributed by atoms with van der Waals surface area (Å²) in [5.41, 5.74) is 0.606. The van der Waals surface area contributed by atoms with Gasteiger partial charge in [-0.1, -0.05) is 24.4 Å². The molecule has 1 aliphatic carbocycles. The number of anilines is 1. The molecule has 6 heteroatoms. The fraction of sp³-hybridized carbons (Fsp3) is 0.429. The van der Waals surface area contributed by atoms with E-state index in [1.165, 1.54) is 0 Å². The number of hydrogen-bond donors (Lipinski definition) is 2. The zero-order valence-electron chi connectivity index (χ0n) is 10.7. The van der Waals surface area contributed by atoms with Gasteiger partial charge in [-0.3, -0.25) is 9.59 Å². The summed E-state index contributed by atoms with van der Waals surface area (Å²) in [5.74, 6) is -2.18. The van der Waals surface area contributed by atoms with Gasteiger partial charge in [-0.05, 0) is 47.0 Å². The van der Waals surface area contributed by atoms with E-state index in [1.807, 2.05) is 0 Å². The molecule has 1 saturated carbocycles. The minimum atomic E-state index is -0.889. The lowest BCUT2D eigenvalue weighted by molar-refractivity contribution is -0.147. The molecule has 2 atom stereocenters. The van der Waals surface area contributed by atoms with Crippen LogP contribution in [0.25, 0.3) is 0 Å². The van der Waals surface area contributed by atoms with E-state index in [-0.39, 0.29) is 5.91 Å². The third-order valence-corrected chi connectivity index (χ3v) is 4.50. The van der Waals surface area contributed by atoms with E-state index in [2.05, 4.69) is 21.2 Å². The second kappa shape index (κ2) is 6.59. The topological polar surface area (TPSA) is 66.4 Å². The van der Waals surface area contributed by atoms with E-state index in [0.29, 0.717) is 28.0 Å². The van der Waals surface area contributed by atoms with Crippen molar-refractivity contribution in [2.45, 2.75) is 25.7 Å². The molecule has 1 amide bonds. The molecular formula is C14H15BrClNO3. The third kappa shape index (κ3) is 3.52. The average molecular weight is 361 g/mol. The monoisotopic (exact) mass is 359 g/mol. The molecule has 2 unspecified atom stereocenters. The molecular weight excluding hydrogens is 346 g/mol. The quantitative estimate of drug-likeness (QED) is 0.858. The second-order valence-corrected chi connectivity index (χ2v) is 6.24. The van der Waals surface area contributed by atoms with Crippen molar-refractivity contribution in [2.75, 3.05) is 5.32 Å². The summed E-state index contributed by atoms with van der Waals surface area (Å²) < 4.78 is 0.682. The van der Waals surface area contributed by atoms with Crippen LogP contribution in [-0.2, 0) is 9.59 Å². The molecule has 0 heterocycles. The molecule has 0 aliphatic heterocycles. The summed E-state index contributed by atoms with van der Waals surface area (Å²) >= 11 is 9.17. The van der Waals surface area contributed by atoms with E-state index in [1.54, 1.807) is 18.2 Å². The van der Waals surface area contributed by atoms with Crippen molar-refractivity contribution >= 4 is 45.1 Å². The molecule has 2 N–H and O–H groups in total. The van der Waals surface area contributed by atoms with Crippen molar-refractivity contribution in [3.05, 3.63) is 27.7 Å². The number of carbonyl (C=O) groups excluding carboxylic acids is 1. The van der Waals surface area contributed by atoms with Crippen molar-refractivity contribution in [3.8, 4) is 0 Å². The highest BCUT2D eigenvalue weighted by Gasteiger charge is 2.35. The lowest BCUT2D eigenvalue weighted by Crippen LogP contribution is -2.36. The molecule has 0 bridgehead atoms. The van der Waals surface area contributed by atoms with Crippen molar-refractivity contribution < 1.29 is 14.7 Å². The molecule has 1 fully saturated rings. The standard InChI is InChI=1S/C14H15BrClNO3/c15-11-7-8(16)5-6-12(11)17-13(18)9-3-1-2-4-10(9)14(19)20/h5-7,9-10H,1-4H2,(H,17,18)(H,19,20). The molecule has 0 spiro atoms. The molecule has 0 saturated heterocycles. The van der Waals surface area contributed by atoms with Crippen LogP contribution in [-0.4, -0.2) is 17.0 Å². The van der Waals surface area contributed by atoms with E-state index in [9.17, 15) is 14.7 Å². The van der Waals surface area contributed by atoms with Gasteiger partial charge in [-0.2, -0.15) is 0 Å². The number of amides is 1. The number of hydrogen-bond acceptors (Lipinski definition) is 2. The molecule has 1 aromatic rings. The maximum atomic E-state index is 12.3. The van der Waals surface area contributed by atoms with Crippen LogP contribution < -0.4 is 5.32 Å². The number of halogens is 2. The first kappa shape index (κ1) is 15.3. The summed E-state index contributed by atoms with van der Waals surface area (Å²) in [7, 11) is 0. The Labute approximate surface area is 130 Å². The van der Waals surface area contributed by atoms with E-state index in [4.69, 9.17) is 11.6 Å². The number of carboxylic acid groups (broad SMARTS) is 1. The van der Waals surface area contributed by atoms with Gasteiger partial charge in [0.2, 0.25) is 5.91 Å². The van der Waals surface area contributed by atoms with Gasteiger partial charge in [0.05, 0.1) is 17.5 Å². The summed E-state index contributed by atoms with van der Waals surface area (Å²) in [6.45, 7) is 0. The lowest BCUT2D eigenvalue weighted by atomic mass is 9.78. The van der Waals surface area contributed by atoms with Gasteiger partial charge in [0.1, 0.15) is 0 Å². The summed E-state index contributed by atoms with van der Waals surface area (Å²) in [6.07, 6.45) is 2.94. The fourth-order valence-corrected chi connectivity index (χ4v) is 3.34. The Bertz CT molecular complexity index is 535. The first-order chi connectivity index (χ1) is 9.49. The van der Waals surface area contributed by atoms with Gasteiger partial charge < -0.3 is 10.4 Å². The minimum Gasteiger partial charge on any atom is -0.481 e. The maximum Gasteiger partial charge on any atom is 0.307 e. The summed E-state index contributed by atoms with van der Waals surface area (Å²) in [4.78, 5) is 23.5. The number of aliphatic carboxylic acids is 1. The maximum absolute atomic E-state index is 12.3. The Morgan fingerprint density at radius 2 is 1.90 bits per heavy atom. The largest absolute Gasteiger partial charge is 0.481 e. The predicted octanol–water partition coefficient (Wildman–Crippen LogP) is 3.93. The first-order valence-corrected chi connectivity index (χ1v) is 7.65. The number of nitrogens with one attached hydrogen (secondary N) is 1. The van der Waals surface area contributed by atoms with Gasteiger partial charge in [0, 0.05) is 9.50 Å². The molecule has 0 radical (unpaired) electrons. The van der Waals surface area contributed by atoms with Crippen LogP contribution in [0.15, 0.2) is 22.7 Å². The summed E-state index contributed by atoms with van der Waals surface area (Å²) in [5, 5.41) is 12.6. The van der Waals surface area contributed by atoms with E-state index < -0.39 is 17.8 Å². The Balaban J connectivity index is 2.12. The van der Waals surface area contributed by atoms with Gasteiger partial charge in [-0.25, -0.2) is 0 Å². The highest BCUT2D eigenvalue weighted by Crippen LogP contribution is 2.32. The van der Waals surface area contributed by atoms with Crippen molar-refractivity contribution in [2.24, 2.45) is 11.8 Å². The molecule has 2 rings (SSSR count). The van der Waals surface area contributed by atoms with Crippen molar-refractivity contribution in [1.29, 1.82) is 0 Å². The SMILES string of the molecule is O=C(O)C1CCCCC1C(=O)Nc1ccc(Cl)cc1Br. The van der Waals surface area contributed by atoms with Crippen LogP contribution in [0, 0.1) is 11.8 Å². The van der Waals surface area contributed by atoms with Gasteiger partial charge in [0.15, 0.2) is 0 Å². The molecule has 108 valence electrons. The Hall–Kier alpha value is -1.07. The predicted molar refractivity (Wildman–Crippen MR) is 80.9 cm³/mol. The Morgan fingerprint density at radius 1 is 1.25 bits per heavy atom. The highest BCUT2D eigenvalue weighted by molar-refractivity contribution is 9.10. The lowest BCUT2D eigenvalue weighted by Gasteiger charge is -2.27. The summed E-state index contributed by atoms with van der Waals surface area (Å²) in [6, 6.07) is 5.06. The van der Waals surface area contributed by atoms with Crippen LogP contribution in [0.5, 0.6) is 0 Å². The third-order valence-electron chi connectivity index (χ3n) is 3.61. The van der Waals surface area contributed by atoms with Crippen LogP contribution >= 0.6 is 27.5 Å². The smallest absolute Gasteiger partial charge is 0.307 e.